The zero-order chi connectivity index (χ0) is 29.1. The van der Waals surface area contributed by atoms with Crippen molar-refractivity contribution in [3.63, 3.8) is 0 Å². The molecular weight excluding hydrogens is 540 g/mol. The topological polar surface area (TPSA) is 98.2 Å². The molecule has 1 aliphatic heterocycles. The van der Waals surface area contributed by atoms with Gasteiger partial charge in [0.05, 0.1) is 42.2 Å². The number of hydrogen-bond acceptors (Lipinski definition) is 8. The number of benzene rings is 3. The van der Waals surface area contributed by atoms with Crippen LogP contribution >= 0.6 is 11.3 Å². The number of aliphatic hydroxyl groups is 1. The lowest BCUT2D eigenvalue weighted by Gasteiger charge is -2.23. The van der Waals surface area contributed by atoms with Crippen molar-refractivity contribution in [2.75, 3.05) is 25.2 Å². The fourth-order valence-electron chi connectivity index (χ4n) is 4.69. The van der Waals surface area contributed by atoms with Crippen molar-refractivity contribution in [3.8, 4) is 17.2 Å². The second-order valence-corrected chi connectivity index (χ2v) is 11.1. The maximum absolute atomic E-state index is 13.6. The lowest BCUT2D eigenvalue weighted by molar-refractivity contribution is -0.132. The Morgan fingerprint density at radius 1 is 1.00 bits per heavy atom. The van der Waals surface area contributed by atoms with Crippen molar-refractivity contribution >= 4 is 44.1 Å². The highest BCUT2D eigenvalue weighted by atomic mass is 32.1. The van der Waals surface area contributed by atoms with Gasteiger partial charge >= 0.3 is 5.91 Å². The number of methoxy groups -OCH3 is 1. The summed E-state index contributed by atoms with van der Waals surface area (Å²) in [7, 11) is 1.55. The predicted molar refractivity (Wildman–Crippen MR) is 160 cm³/mol. The molecule has 1 saturated heterocycles. The number of aromatic nitrogens is 1. The van der Waals surface area contributed by atoms with Gasteiger partial charge in [0.25, 0.3) is 5.78 Å². The van der Waals surface area contributed by atoms with E-state index in [2.05, 4.69) is 13.8 Å². The molecular formula is C32H32N2O6S. The molecule has 8 nitrogen and oxygen atoms in total. The Hall–Kier alpha value is -4.37. The van der Waals surface area contributed by atoms with Gasteiger partial charge in [-0.15, -0.1) is 0 Å². The van der Waals surface area contributed by atoms with Crippen molar-refractivity contribution in [2.45, 2.75) is 33.2 Å². The van der Waals surface area contributed by atoms with E-state index in [4.69, 9.17) is 19.2 Å². The van der Waals surface area contributed by atoms with E-state index < -0.39 is 17.7 Å². The van der Waals surface area contributed by atoms with Crippen molar-refractivity contribution in [3.05, 3.63) is 83.4 Å². The molecule has 1 N–H and O–H groups in total. The molecule has 41 heavy (non-hydrogen) atoms. The molecule has 0 saturated carbocycles. The zero-order valence-electron chi connectivity index (χ0n) is 23.4. The number of aliphatic hydroxyl groups excluding tert-OH is 1. The second kappa shape index (κ2) is 12.0. The SMILES string of the molecule is CCOc1ccc2nc(N3C(=O)C(=O)/C(=C(/O)c4ccc(OC)cc4)C3c3cccc(OCCC(C)C)c3)sc2c1. The monoisotopic (exact) mass is 572 g/mol. The van der Waals surface area contributed by atoms with E-state index >= 15 is 0 Å². The maximum atomic E-state index is 13.6. The summed E-state index contributed by atoms with van der Waals surface area (Å²) in [4.78, 5) is 33.3. The van der Waals surface area contributed by atoms with Gasteiger partial charge in [-0.3, -0.25) is 14.5 Å². The highest BCUT2D eigenvalue weighted by Gasteiger charge is 2.48. The summed E-state index contributed by atoms with van der Waals surface area (Å²) in [6, 6.07) is 18.6. The first-order valence-corrected chi connectivity index (χ1v) is 14.3. The molecule has 1 atom stereocenters. The van der Waals surface area contributed by atoms with E-state index in [0.717, 1.165) is 11.1 Å². The normalized spacial score (nSPS) is 16.5. The molecule has 0 spiro atoms. The van der Waals surface area contributed by atoms with Crippen LogP contribution in [0.4, 0.5) is 5.13 Å². The van der Waals surface area contributed by atoms with Crippen molar-refractivity contribution in [1.29, 1.82) is 0 Å². The number of fused-ring (bicyclic) bond motifs is 1. The van der Waals surface area contributed by atoms with Crippen LogP contribution in [0.2, 0.25) is 0 Å². The third-order valence-corrected chi connectivity index (χ3v) is 7.83. The Labute approximate surface area is 242 Å². The average molecular weight is 573 g/mol. The Kier molecular flexibility index (Phi) is 8.26. The smallest absolute Gasteiger partial charge is 0.301 e. The Morgan fingerprint density at radius 3 is 2.44 bits per heavy atom. The van der Waals surface area contributed by atoms with Crippen molar-refractivity contribution in [1.82, 2.24) is 4.98 Å². The van der Waals surface area contributed by atoms with Crippen LogP contribution in [0.25, 0.3) is 16.0 Å². The number of Topliss-reactive ketones (excluding diaryl/α,β-unsaturated/α-hetero) is 1. The number of thiazole rings is 1. The standard InChI is InChI=1S/C32H32N2O6S/c1-5-39-24-13-14-25-26(18-24)41-32(33-25)34-28(21-7-6-8-23(17-21)40-16-15-19(2)3)27(30(36)31(34)37)29(35)20-9-11-22(38-4)12-10-20/h6-14,17-19,28,35H,5,15-16H2,1-4H3/b29-27+. The van der Waals surface area contributed by atoms with Crippen LogP contribution in [0.15, 0.2) is 72.3 Å². The average Bonchev–Trinajstić information content (AvgIpc) is 3.50. The minimum absolute atomic E-state index is 0.0197. The summed E-state index contributed by atoms with van der Waals surface area (Å²) in [5.41, 5.74) is 1.67. The fraction of sp³-hybridized carbons (Fsp3) is 0.281. The van der Waals surface area contributed by atoms with E-state index in [9.17, 15) is 14.7 Å². The number of ketones is 1. The molecule has 1 fully saturated rings. The number of carbonyl (C=O) groups is 2. The highest BCUT2D eigenvalue weighted by Crippen LogP contribution is 2.45. The molecule has 1 amide bonds. The largest absolute Gasteiger partial charge is 0.507 e. The Bertz CT molecular complexity index is 1610. The molecule has 1 aliphatic rings. The summed E-state index contributed by atoms with van der Waals surface area (Å²) in [6.07, 6.45) is 0.885. The molecule has 0 bridgehead atoms. The molecule has 0 radical (unpaired) electrons. The molecule has 5 rings (SSSR count). The van der Waals surface area contributed by atoms with E-state index in [1.165, 1.54) is 16.2 Å². The lowest BCUT2D eigenvalue weighted by Crippen LogP contribution is -2.29. The van der Waals surface area contributed by atoms with Gasteiger partial charge in [-0.05, 0) is 79.4 Å². The number of ether oxygens (including phenoxy) is 3. The fourth-order valence-corrected chi connectivity index (χ4v) is 5.71. The molecule has 1 unspecified atom stereocenters. The van der Waals surface area contributed by atoms with Crippen molar-refractivity contribution in [2.24, 2.45) is 5.92 Å². The van der Waals surface area contributed by atoms with Crippen LogP contribution in [-0.4, -0.2) is 42.1 Å². The van der Waals surface area contributed by atoms with Crippen molar-refractivity contribution < 1.29 is 28.9 Å². The number of nitrogens with zero attached hydrogens (tertiary/aromatic N) is 2. The van der Waals surface area contributed by atoms with Gasteiger partial charge in [0.15, 0.2) is 5.13 Å². The first-order chi connectivity index (χ1) is 19.8. The van der Waals surface area contributed by atoms with Gasteiger partial charge in [0, 0.05) is 5.56 Å². The summed E-state index contributed by atoms with van der Waals surface area (Å²) in [5, 5.41) is 11.8. The quantitative estimate of drug-likeness (QED) is 0.127. The van der Waals surface area contributed by atoms with E-state index in [1.54, 1.807) is 31.4 Å². The third kappa shape index (κ3) is 5.76. The molecule has 0 aliphatic carbocycles. The van der Waals surface area contributed by atoms with Crippen LogP contribution in [0, 0.1) is 5.92 Å². The van der Waals surface area contributed by atoms with Gasteiger partial charge in [-0.1, -0.05) is 37.3 Å². The number of rotatable bonds is 10. The summed E-state index contributed by atoms with van der Waals surface area (Å²) in [5.74, 6) is 0.569. The van der Waals surface area contributed by atoms with Gasteiger partial charge in [0.1, 0.15) is 23.0 Å². The summed E-state index contributed by atoms with van der Waals surface area (Å²) < 4.78 is 17.7. The maximum Gasteiger partial charge on any atom is 0.301 e. The molecule has 9 heteroatoms. The van der Waals surface area contributed by atoms with Gasteiger partial charge in [0.2, 0.25) is 0 Å². The minimum Gasteiger partial charge on any atom is -0.507 e. The van der Waals surface area contributed by atoms with Gasteiger partial charge in [-0.2, -0.15) is 0 Å². The Balaban J connectivity index is 1.63. The van der Waals surface area contributed by atoms with Crippen LogP contribution < -0.4 is 19.1 Å². The zero-order valence-corrected chi connectivity index (χ0v) is 24.2. The van der Waals surface area contributed by atoms with Gasteiger partial charge < -0.3 is 19.3 Å². The number of hydrogen-bond donors (Lipinski definition) is 1. The Morgan fingerprint density at radius 2 is 1.73 bits per heavy atom. The predicted octanol–water partition coefficient (Wildman–Crippen LogP) is 6.75. The van der Waals surface area contributed by atoms with Gasteiger partial charge in [-0.25, -0.2) is 4.98 Å². The van der Waals surface area contributed by atoms with E-state index in [0.29, 0.717) is 58.2 Å². The molecule has 2 heterocycles. The van der Waals surface area contributed by atoms with Crippen LogP contribution in [-0.2, 0) is 9.59 Å². The van der Waals surface area contributed by atoms with Crippen LogP contribution in [0.1, 0.15) is 44.4 Å². The highest BCUT2D eigenvalue weighted by molar-refractivity contribution is 7.22. The third-order valence-electron chi connectivity index (χ3n) is 6.81. The molecule has 212 valence electrons. The first-order valence-electron chi connectivity index (χ1n) is 13.5. The lowest BCUT2D eigenvalue weighted by atomic mass is 9.95. The second-order valence-electron chi connectivity index (χ2n) is 10.1. The first kappa shape index (κ1) is 28.2. The van der Waals surface area contributed by atoms with Crippen LogP contribution in [0.3, 0.4) is 0 Å². The minimum atomic E-state index is -0.919. The number of carbonyl (C=O) groups excluding carboxylic acids is 2. The molecule has 3 aromatic carbocycles. The van der Waals surface area contributed by atoms with E-state index in [-0.39, 0.29) is 11.3 Å². The molecule has 4 aromatic rings. The van der Waals surface area contributed by atoms with Crippen LogP contribution in [0.5, 0.6) is 17.2 Å². The number of amides is 1. The molecule has 1 aromatic heterocycles. The van der Waals surface area contributed by atoms with E-state index in [1.807, 2.05) is 49.4 Å². The number of anilines is 1. The summed E-state index contributed by atoms with van der Waals surface area (Å²) in [6.45, 7) is 7.22. The summed E-state index contributed by atoms with van der Waals surface area (Å²) >= 11 is 1.28.